The third-order valence-electron chi connectivity index (χ3n) is 1.41. The molecular weight excluding hydrogens is 164 g/mol. The highest BCUT2D eigenvalue weighted by atomic mass is 16.7. The van der Waals surface area contributed by atoms with Crippen LogP contribution in [-0.2, 0) is 19.0 Å². The summed E-state index contributed by atoms with van der Waals surface area (Å²) in [6.07, 6.45) is -0.286. The summed E-state index contributed by atoms with van der Waals surface area (Å²) < 4.78 is 15.1. The molecule has 5 nitrogen and oxygen atoms in total. The number of hydrogen-bond acceptors (Lipinski definition) is 4. The number of rotatable bonds is 5. The van der Waals surface area contributed by atoms with E-state index in [9.17, 15) is 4.79 Å². The van der Waals surface area contributed by atoms with Crippen molar-refractivity contribution < 1.29 is 24.1 Å². The SMILES string of the molecule is O=C(O)CCOCC1OCCO1. The molecule has 12 heavy (non-hydrogen) atoms. The molecule has 5 heteroatoms. The Bertz CT molecular complexity index is 141. The molecule has 0 amide bonds. The number of carboxylic acid groups (broad SMARTS) is 1. The molecule has 0 aromatic heterocycles. The molecule has 0 bridgehead atoms. The van der Waals surface area contributed by atoms with E-state index in [0.29, 0.717) is 19.8 Å². The van der Waals surface area contributed by atoms with Crippen LogP contribution in [0.25, 0.3) is 0 Å². The Balaban J connectivity index is 1.91. The van der Waals surface area contributed by atoms with E-state index in [1.54, 1.807) is 0 Å². The van der Waals surface area contributed by atoms with Gasteiger partial charge in [-0.3, -0.25) is 4.79 Å². The largest absolute Gasteiger partial charge is 0.481 e. The highest BCUT2D eigenvalue weighted by molar-refractivity contribution is 5.66. The molecule has 1 saturated heterocycles. The molecule has 1 rings (SSSR count). The van der Waals surface area contributed by atoms with E-state index in [0.717, 1.165) is 0 Å². The molecule has 1 aliphatic heterocycles. The topological polar surface area (TPSA) is 65.0 Å². The van der Waals surface area contributed by atoms with Crippen molar-refractivity contribution in [1.82, 2.24) is 0 Å². The highest BCUT2D eigenvalue weighted by Gasteiger charge is 2.15. The van der Waals surface area contributed by atoms with Crippen LogP contribution in [0.4, 0.5) is 0 Å². The van der Waals surface area contributed by atoms with Gasteiger partial charge in [-0.05, 0) is 0 Å². The third-order valence-corrected chi connectivity index (χ3v) is 1.41. The zero-order valence-corrected chi connectivity index (χ0v) is 6.69. The molecule has 1 heterocycles. The smallest absolute Gasteiger partial charge is 0.305 e. The van der Waals surface area contributed by atoms with Crippen molar-refractivity contribution in [1.29, 1.82) is 0 Å². The zero-order chi connectivity index (χ0) is 8.81. The van der Waals surface area contributed by atoms with Crippen molar-refractivity contribution in [2.45, 2.75) is 12.7 Å². The minimum Gasteiger partial charge on any atom is -0.481 e. The summed E-state index contributed by atoms with van der Waals surface area (Å²) in [6, 6.07) is 0. The van der Waals surface area contributed by atoms with Crippen LogP contribution in [0.1, 0.15) is 6.42 Å². The van der Waals surface area contributed by atoms with Crippen molar-refractivity contribution >= 4 is 5.97 Å². The maximum Gasteiger partial charge on any atom is 0.305 e. The van der Waals surface area contributed by atoms with E-state index in [-0.39, 0.29) is 19.3 Å². The second-order valence-corrected chi connectivity index (χ2v) is 2.39. The van der Waals surface area contributed by atoms with Gasteiger partial charge in [-0.1, -0.05) is 0 Å². The van der Waals surface area contributed by atoms with Gasteiger partial charge in [0.05, 0.1) is 32.8 Å². The maximum absolute atomic E-state index is 10.1. The number of hydrogen-bond donors (Lipinski definition) is 1. The number of carboxylic acids is 1. The van der Waals surface area contributed by atoms with Crippen molar-refractivity contribution in [3.05, 3.63) is 0 Å². The fraction of sp³-hybridized carbons (Fsp3) is 0.857. The fourth-order valence-corrected chi connectivity index (χ4v) is 0.842. The van der Waals surface area contributed by atoms with Gasteiger partial charge in [0.15, 0.2) is 6.29 Å². The Morgan fingerprint density at radius 3 is 2.75 bits per heavy atom. The minimum atomic E-state index is -0.858. The number of aliphatic carboxylic acids is 1. The standard InChI is InChI=1S/C7H12O5/c8-6(9)1-2-10-5-7-11-3-4-12-7/h7H,1-5H2,(H,8,9). The first kappa shape index (κ1) is 9.44. The lowest BCUT2D eigenvalue weighted by atomic mass is 10.5. The Hall–Kier alpha value is -0.650. The molecule has 0 aliphatic carbocycles. The van der Waals surface area contributed by atoms with Crippen LogP contribution in [-0.4, -0.2) is 43.8 Å². The van der Waals surface area contributed by atoms with Crippen molar-refractivity contribution in [2.75, 3.05) is 26.4 Å². The van der Waals surface area contributed by atoms with E-state index in [1.165, 1.54) is 0 Å². The van der Waals surface area contributed by atoms with Gasteiger partial charge in [-0.2, -0.15) is 0 Å². The summed E-state index contributed by atoms with van der Waals surface area (Å²) in [5.74, 6) is -0.858. The Morgan fingerprint density at radius 2 is 2.17 bits per heavy atom. The molecule has 0 saturated carbocycles. The molecule has 0 spiro atoms. The summed E-state index contributed by atoms with van der Waals surface area (Å²) >= 11 is 0. The second kappa shape index (κ2) is 5.08. The van der Waals surface area contributed by atoms with Crippen LogP contribution >= 0.6 is 0 Å². The van der Waals surface area contributed by atoms with E-state index in [1.807, 2.05) is 0 Å². The normalized spacial score (nSPS) is 18.3. The van der Waals surface area contributed by atoms with Gasteiger partial charge in [0.1, 0.15) is 0 Å². The summed E-state index contributed by atoms with van der Waals surface area (Å²) in [4.78, 5) is 10.1. The monoisotopic (exact) mass is 176 g/mol. The molecule has 1 aliphatic rings. The van der Waals surface area contributed by atoms with Gasteiger partial charge in [-0.15, -0.1) is 0 Å². The molecule has 1 fully saturated rings. The number of ether oxygens (including phenoxy) is 3. The van der Waals surface area contributed by atoms with Crippen LogP contribution in [0.15, 0.2) is 0 Å². The lowest BCUT2D eigenvalue weighted by Gasteiger charge is -2.08. The van der Waals surface area contributed by atoms with Gasteiger partial charge < -0.3 is 19.3 Å². The van der Waals surface area contributed by atoms with Gasteiger partial charge >= 0.3 is 5.97 Å². The van der Waals surface area contributed by atoms with Gasteiger partial charge in [0, 0.05) is 0 Å². The highest BCUT2D eigenvalue weighted by Crippen LogP contribution is 2.03. The van der Waals surface area contributed by atoms with Crippen LogP contribution in [0, 0.1) is 0 Å². The second-order valence-electron chi connectivity index (χ2n) is 2.39. The van der Waals surface area contributed by atoms with E-state index >= 15 is 0 Å². The fourth-order valence-electron chi connectivity index (χ4n) is 0.842. The molecule has 1 N–H and O–H groups in total. The van der Waals surface area contributed by atoms with Gasteiger partial charge in [-0.25, -0.2) is 0 Å². The predicted octanol–water partition coefficient (Wildman–Crippen LogP) is -0.149. The lowest BCUT2D eigenvalue weighted by molar-refractivity contribution is -0.140. The first-order valence-electron chi connectivity index (χ1n) is 3.82. The minimum absolute atomic E-state index is 0.0206. The van der Waals surface area contributed by atoms with Crippen molar-refractivity contribution in [3.63, 3.8) is 0 Å². The summed E-state index contributed by atoms with van der Waals surface area (Å²) in [6.45, 7) is 1.70. The molecule has 0 aromatic rings. The summed E-state index contributed by atoms with van der Waals surface area (Å²) in [5.41, 5.74) is 0. The van der Waals surface area contributed by atoms with Gasteiger partial charge in [0.25, 0.3) is 0 Å². The Morgan fingerprint density at radius 1 is 1.50 bits per heavy atom. The van der Waals surface area contributed by atoms with Crippen LogP contribution in [0.3, 0.4) is 0 Å². The van der Waals surface area contributed by atoms with E-state index < -0.39 is 5.97 Å². The predicted molar refractivity (Wildman–Crippen MR) is 38.8 cm³/mol. The molecule has 70 valence electrons. The van der Waals surface area contributed by atoms with Crippen LogP contribution < -0.4 is 0 Å². The first-order chi connectivity index (χ1) is 5.79. The lowest BCUT2D eigenvalue weighted by Crippen LogP contribution is -2.17. The first-order valence-corrected chi connectivity index (χ1v) is 3.82. The Kier molecular flexibility index (Phi) is 3.99. The van der Waals surface area contributed by atoms with Crippen molar-refractivity contribution in [2.24, 2.45) is 0 Å². The number of carbonyl (C=O) groups is 1. The van der Waals surface area contributed by atoms with Gasteiger partial charge in [0.2, 0.25) is 0 Å². The molecule has 0 radical (unpaired) electrons. The Labute approximate surface area is 70.2 Å². The molecule has 0 aromatic carbocycles. The third kappa shape index (κ3) is 3.66. The average Bonchev–Trinajstić information content (AvgIpc) is 2.49. The van der Waals surface area contributed by atoms with Crippen molar-refractivity contribution in [3.8, 4) is 0 Å². The maximum atomic E-state index is 10.1. The summed E-state index contributed by atoms with van der Waals surface area (Å²) in [7, 11) is 0. The molecule has 0 atom stereocenters. The average molecular weight is 176 g/mol. The zero-order valence-electron chi connectivity index (χ0n) is 6.69. The van der Waals surface area contributed by atoms with E-state index in [4.69, 9.17) is 19.3 Å². The molecule has 0 unspecified atom stereocenters. The van der Waals surface area contributed by atoms with Crippen LogP contribution in [0.2, 0.25) is 0 Å². The summed E-state index contributed by atoms with van der Waals surface area (Å²) in [5, 5.41) is 8.26. The van der Waals surface area contributed by atoms with E-state index in [2.05, 4.69) is 0 Å². The van der Waals surface area contributed by atoms with Crippen LogP contribution in [0.5, 0.6) is 0 Å². The quantitative estimate of drug-likeness (QED) is 0.590. The molecular formula is C7H12O5.